The normalized spacial score (nSPS) is 13.6. The number of imidazole rings is 1. The Morgan fingerprint density at radius 1 is 1.17 bits per heavy atom. The van der Waals surface area contributed by atoms with Crippen molar-refractivity contribution >= 4 is 8.32 Å². The zero-order valence-electron chi connectivity index (χ0n) is 11.4. The van der Waals surface area contributed by atoms with Gasteiger partial charge < -0.3 is 8.99 Å². The molecule has 0 bridgehead atoms. The molecule has 0 radical (unpaired) electrons. The van der Waals surface area contributed by atoms with E-state index in [1.165, 1.54) is 0 Å². The zero-order valence-corrected chi connectivity index (χ0v) is 12.4. The number of rotatable bonds is 4. The van der Waals surface area contributed by atoms with Gasteiger partial charge in [0.05, 0.1) is 0 Å². The second-order valence-corrected chi connectivity index (χ2v) is 9.88. The first-order valence-electron chi connectivity index (χ1n) is 6.17. The summed E-state index contributed by atoms with van der Waals surface area (Å²) in [6.07, 6.45) is 3.70. The molecule has 0 aliphatic heterocycles. The highest BCUT2D eigenvalue weighted by atomic mass is 28.4. The lowest BCUT2D eigenvalue weighted by Gasteiger charge is -2.26. The molecule has 0 saturated carbocycles. The molecular formula is C14H20N2OSi. The van der Waals surface area contributed by atoms with Gasteiger partial charge in [0.15, 0.2) is 8.32 Å². The first kappa shape index (κ1) is 13.0. The number of benzene rings is 1. The minimum Gasteiger partial charge on any atom is -0.404 e. The van der Waals surface area contributed by atoms with Crippen LogP contribution in [0.15, 0.2) is 42.7 Å². The molecule has 0 spiro atoms. The largest absolute Gasteiger partial charge is 0.404 e. The van der Waals surface area contributed by atoms with Crippen LogP contribution in [0.2, 0.25) is 19.6 Å². The summed E-state index contributed by atoms with van der Waals surface area (Å²) in [5.41, 5.74) is 1.16. The number of nitrogens with zero attached hydrogens (tertiary/aromatic N) is 2. The van der Waals surface area contributed by atoms with Crippen molar-refractivity contribution in [2.45, 2.75) is 25.7 Å². The van der Waals surface area contributed by atoms with Crippen LogP contribution in [0.25, 0.3) is 0 Å². The fraction of sp³-hybridized carbons (Fsp3) is 0.357. The maximum Gasteiger partial charge on any atom is 0.185 e. The molecule has 1 heterocycles. The maximum absolute atomic E-state index is 6.30. The van der Waals surface area contributed by atoms with Gasteiger partial charge in [0, 0.05) is 19.4 Å². The van der Waals surface area contributed by atoms with Crippen molar-refractivity contribution in [2.24, 2.45) is 7.05 Å². The summed E-state index contributed by atoms with van der Waals surface area (Å²) in [6.45, 7) is 6.60. The monoisotopic (exact) mass is 260 g/mol. The number of aromatic nitrogens is 2. The molecular weight excluding hydrogens is 240 g/mol. The van der Waals surface area contributed by atoms with Gasteiger partial charge in [-0.05, 0) is 25.2 Å². The van der Waals surface area contributed by atoms with E-state index < -0.39 is 8.32 Å². The van der Waals surface area contributed by atoms with Crippen molar-refractivity contribution in [3.63, 3.8) is 0 Å². The van der Waals surface area contributed by atoms with E-state index in [1.54, 1.807) is 0 Å². The number of hydrogen-bond donors (Lipinski definition) is 0. The molecule has 0 aliphatic rings. The predicted octanol–water partition coefficient (Wildman–Crippen LogP) is 3.36. The summed E-state index contributed by atoms with van der Waals surface area (Å²) >= 11 is 0. The van der Waals surface area contributed by atoms with Crippen LogP contribution in [0.1, 0.15) is 17.5 Å². The second-order valence-electron chi connectivity index (χ2n) is 5.42. The van der Waals surface area contributed by atoms with E-state index in [2.05, 4.69) is 36.8 Å². The van der Waals surface area contributed by atoms with Crippen molar-refractivity contribution in [3.8, 4) is 0 Å². The smallest absolute Gasteiger partial charge is 0.185 e. The van der Waals surface area contributed by atoms with Crippen LogP contribution < -0.4 is 0 Å². The first-order valence-corrected chi connectivity index (χ1v) is 9.58. The Kier molecular flexibility index (Phi) is 3.68. The Hall–Kier alpha value is -1.39. The Balaban J connectivity index is 2.39. The first-order chi connectivity index (χ1) is 8.47. The Bertz CT molecular complexity index is 502. The van der Waals surface area contributed by atoms with Gasteiger partial charge in [-0.25, -0.2) is 4.98 Å². The third-order valence-corrected chi connectivity index (χ3v) is 3.61. The molecule has 0 saturated heterocycles. The summed E-state index contributed by atoms with van der Waals surface area (Å²) in [7, 11) is 0.370. The zero-order chi connectivity index (χ0) is 13.2. The predicted molar refractivity (Wildman–Crippen MR) is 75.9 cm³/mol. The van der Waals surface area contributed by atoms with Gasteiger partial charge in [0.1, 0.15) is 11.9 Å². The van der Waals surface area contributed by atoms with Gasteiger partial charge >= 0.3 is 0 Å². The minimum absolute atomic E-state index is 0.0714. The molecule has 2 aromatic rings. The molecule has 4 heteroatoms. The molecule has 0 aliphatic carbocycles. The van der Waals surface area contributed by atoms with Crippen molar-refractivity contribution in [1.82, 2.24) is 9.55 Å². The van der Waals surface area contributed by atoms with Crippen LogP contribution >= 0.6 is 0 Å². The SMILES string of the molecule is Cn1ccnc1C(O[Si](C)(C)C)c1ccccc1. The molecule has 1 aromatic heterocycles. The molecule has 1 unspecified atom stereocenters. The van der Waals surface area contributed by atoms with Crippen molar-refractivity contribution in [1.29, 1.82) is 0 Å². The van der Waals surface area contributed by atoms with Gasteiger partial charge in [-0.15, -0.1) is 0 Å². The third-order valence-electron chi connectivity index (χ3n) is 2.67. The second kappa shape index (κ2) is 5.08. The molecule has 0 fully saturated rings. The standard InChI is InChI=1S/C14H20N2OSi/c1-16-11-10-15-14(16)13(17-18(2,3)4)12-8-6-5-7-9-12/h5-11,13H,1-4H3. The van der Waals surface area contributed by atoms with Crippen LogP contribution in [0.3, 0.4) is 0 Å². The molecule has 0 amide bonds. The van der Waals surface area contributed by atoms with Gasteiger partial charge in [-0.3, -0.25) is 0 Å². The topological polar surface area (TPSA) is 27.1 Å². The molecule has 18 heavy (non-hydrogen) atoms. The van der Waals surface area contributed by atoms with E-state index in [4.69, 9.17) is 4.43 Å². The maximum atomic E-state index is 6.30. The molecule has 0 N–H and O–H groups in total. The van der Waals surface area contributed by atoms with E-state index in [0.717, 1.165) is 11.4 Å². The highest BCUT2D eigenvalue weighted by Crippen LogP contribution is 2.27. The minimum atomic E-state index is -1.64. The molecule has 2 rings (SSSR count). The van der Waals surface area contributed by atoms with Gasteiger partial charge in [0.2, 0.25) is 0 Å². The van der Waals surface area contributed by atoms with Crippen LogP contribution in [-0.4, -0.2) is 17.9 Å². The average molecular weight is 260 g/mol. The number of aryl methyl sites for hydroxylation is 1. The Morgan fingerprint density at radius 3 is 2.33 bits per heavy atom. The molecule has 3 nitrogen and oxygen atoms in total. The van der Waals surface area contributed by atoms with Crippen LogP contribution in [0, 0.1) is 0 Å². The lowest BCUT2D eigenvalue weighted by molar-refractivity contribution is 0.225. The van der Waals surface area contributed by atoms with Crippen molar-refractivity contribution in [2.75, 3.05) is 0 Å². The Morgan fingerprint density at radius 2 is 1.83 bits per heavy atom. The average Bonchev–Trinajstić information content (AvgIpc) is 2.72. The summed E-state index contributed by atoms with van der Waals surface area (Å²) in [5.74, 6) is 0.962. The van der Waals surface area contributed by atoms with Crippen molar-refractivity contribution < 1.29 is 4.43 Å². The Labute approximate surface area is 110 Å². The van der Waals surface area contributed by atoms with Crippen LogP contribution in [0.4, 0.5) is 0 Å². The van der Waals surface area contributed by atoms with E-state index >= 15 is 0 Å². The van der Waals surface area contributed by atoms with E-state index in [9.17, 15) is 0 Å². The van der Waals surface area contributed by atoms with Crippen molar-refractivity contribution in [3.05, 3.63) is 54.1 Å². The summed E-state index contributed by atoms with van der Waals surface area (Å²) in [6, 6.07) is 10.3. The lowest BCUT2D eigenvalue weighted by Crippen LogP contribution is -2.29. The van der Waals surface area contributed by atoms with Gasteiger partial charge in [-0.2, -0.15) is 0 Å². The quantitative estimate of drug-likeness (QED) is 0.788. The van der Waals surface area contributed by atoms with E-state index in [1.807, 2.05) is 42.2 Å². The van der Waals surface area contributed by atoms with Crippen LogP contribution in [0.5, 0.6) is 0 Å². The summed E-state index contributed by atoms with van der Waals surface area (Å²) < 4.78 is 8.33. The lowest BCUT2D eigenvalue weighted by atomic mass is 10.1. The summed E-state index contributed by atoms with van der Waals surface area (Å²) in [4.78, 5) is 4.44. The molecule has 1 atom stereocenters. The highest BCUT2D eigenvalue weighted by Gasteiger charge is 2.26. The fourth-order valence-electron chi connectivity index (χ4n) is 1.88. The molecule has 96 valence electrons. The summed E-state index contributed by atoms with van der Waals surface area (Å²) in [5, 5.41) is 0. The van der Waals surface area contributed by atoms with Gasteiger partial charge in [0.25, 0.3) is 0 Å². The number of hydrogen-bond acceptors (Lipinski definition) is 2. The van der Waals surface area contributed by atoms with Gasteiger partial charge in [-0.1, -0.05) is 30.3 Å². The van der Waals surface area contributed by atoms with E-state index in [-0.39, 0.29) is 6.10 Å². The fourth-order valence-corrected chi connectivity index (χ4v) is 2.83. The highest BCUT2D eigenvalue weighted by molar-refractivity contribution is 6.69. The van der Waals surface area contributed by atoms with Crippen LogP contribution in [-0.2, 0) is 11.5 Å². The van der Waals surface area contributed by atoms with E-state index in [0.29, 0.717) is 0 Å². The third kappa shape index (κ3) is 3.09. The molecule has 1 aromatic carbocycles.